The van der Waals surface area contributed by atoms with Crippen molar-refractivity contribution in [1.29, 1.82) is 0 Å². The van der Waals surface area contributed by atoms with Crippen LogP contribution in [-0.4, -0.2) is 49.7 Å². The highest BCUT2D eigenvalue weighted by Gasteiger charge is 2.28. The van der Waals surface area contributed by atoms with Crippen LogP contribution in [-0.2, 0) is 9.53 Å². The minimum atomic E-state index is 0.124. The highest BCUT2D eigenvalue weighted by molar-refractivity contribution is 6.28. The van der Waals surface area contributed by atoms with Gasteiger partial charge in [-0.2, -0.15) is 4.98 Å². The molecule has 1 heterocycles. The molecule has 7 heteroatoms. The lowest BCUT2D eigenvalue weighted by molar-refractivity contribution is -0.108. The van der Waals surface area contributed by atoms with Crippen molar-refractivity contribution in [3.8, 4) is 0 Å². The molecule has 0 aliphatic heterocycles. The van der Waals surface area contributed by atoms with Crippen LogP contribution in [0.1, 0.15) is 25.7 Å². The predicted molar refractivity (Wildman–Crippen MR) is 83.0 cm³/mol. The molecule has 6 nitrogen and oxygen atoms in total. The molecule has 1 fully saturated rings. The summed E-state index contributed by atoms with van der Waals surface area (Å²) in [4.78, 5) is 23.4. The van der Waals surface area contributed by atoms with E-state index in [9.17, 15) is 4.79 Å². The molecule has 1 amide bonds. The van der Waals surface area contributed by atoms with E-state index >= 15 is 0 Å². The number of aromatic nitrogens is 2. The van der Waals surface area contributed by atoms with E-state index < -0.39 is 0 Å². The molecule has 0 atom stereocenters. The first kappa shape index (κ1) is 16.0. The van der Waals surface area contributed by atoms with Gasteiger partial charge in [-0.15, -0.1) is 0 Å². The predicted octanol–water partition coefficient (Wildman–Crippen LogP) is 2.12. The van der Waals surface area contributed by atoms with Crippen molar-refractivity contribution in [3.63, 3.8) is 0 Å². The third-order valence-corrected chi connectivity index (χ3v) is 4.11. The lowest BCUT2D eigenvalue weighted by Crippen LogP contribution is -2.40. The molecule has 2 rings (SSSR count). The van der Waals surface area contributed by atoms with Gasteiger partial charge in [-0.1, -0.05) is 0 Å². The van der Waals surface area contributed by atoms with Crippen molar-refractivity contribution >= 4 is 29.5 Å². The van der Waals surface area contributed by atoms with Gasteiger partial charge >= 0.3 is 0 Å². The number of rotatable bonds is 5. The quantitative estimate of drug-likeness (QED) is 0.615. The van der Waals surface area contributed by atoms with Crippen LogP contribution in [0.3, 0.4) is 0 Å². The van der Waals surface area contributed by atoms with Gasteiger partial charge in [0.1, 0.15) is 0 Å². The summed E-state index contributed by atoms with van der Waals surface area (Å²) in [6.07, 6.45) is 6.45. The fourth-order valence-corrected chi connectivity index (χ4v) is 2.85. The van der Waals surface area contributed by atoms with Crippen LogP contribution >= 0.6 is 11.6 Å². The molecule has 1 saturated carbocycles. The normalized spacial score (nSPS) is 21.9. The number of carbonyl (C=O) groups excluding carboxylic acids is 1. The van der Waals surface area contributed by atoms with Gasteiger partial charge in [-0.25, -0.2) is 4.98 Å². The minimum absolute atomic E-state index is 0.124. The van der Waals surface area contributed by atoms with Crippen molar-refractivity contribution in [3.05, 3.63) is 11.5 Å². The Balaban J connectivity index is 2.25. The van der Waals surface area contributed by atoms with Crippen LogP contribution in [0.25, 0.3) is 0 Å². The van der Waals surface area contributed by atoms with E-state index in [2.05, 4.69) is 9.97 Å². The zero-order valence-corrected chi connectivity index (χ0v) is 13.4. The van der Waals surface area contributed by atoms with Crippen molar-refractivity contribution in [2.24, 2.45) is 0 Å². The number of amides is 1. The molecule has 0 unspecified atom stereocenters. The van der Waals surface area contributed by atoms with E-state index in [0.717, 1.165) is 37.8 Å². The molecule has 0 N–H and O–H groups in total. The number of hydrogen-bond acceptors (Lipinski definition) is 5. The van der Waals surface area contributed by atoms with E-state index in [1.54, 1.807) is 18.2 Å². The Hall–Kier alpha value is -1.40. The number of anilines is 2. The summed E-state index contributed by atoms with van der Waals surface area (Å²) in [5.41, 5.74) is 0.778. The minimum Gasteiger partial charge on any atom is -0.381 e. The van der Waals surface area contributed by atoms with Crippen molar-refractivity contribution < 1.29 is 9.53 Å². The zero-order chi connectivity index (χ0) is 15.4. The average Bonchev–Trinajstić information content (AvgIpc) is 2.48. The Kier molecular flexibility index (Phi) is 5.36. The summed E-state index contributed by atoms with van der Waals surface area (Å²) in [6.45, 7) is 0. The fraction of sp³-hybridized carbons (Fsp3) is 0.643. The Morgan fingerprint density at radius 2 is 2.00 bits per heavy atom. The molecule has 1 aliphatic carbocycles. The Morgan fingerprint density at radius 1 is 1.33 bits per heavy atom. The molecular formula is C14H21ClN4O2. The number of methoxy groups -OCH3 is 1. The molecule has 0 radical (unpaired) electrons. The summed E-state index contributed by atoms with van der Waals surface area (Å²) in [6, 6.07) is 0.124. The van der Waals surface area contributed by atoms with Crippen LogP contribution in [0.4, 0.5) is 11.5 Å². The molecule has 1 aromatic rings. The number of halogens is 1. The smallest absolute Gasteiger partial charge is 0.224 e. The van der Waals surface area contributed by atoms with Crippen LogP contribution in [0.5, 0.6) is 0 Å². The summed E-state index contributed by atoms with van der Waals surface area (Å²) >= 11 is 5.90. The Bertz CT molecular complexity index is 490. The maximum absolute atomic E-state index is 11.6. The standard InChI is InChI=1S/C14H21ClN4O2/c1-18(2)12-8-16-14(15)17-13(12)19(9-20)10-4-6-11(21-3)7-5-10/h8-11H,4-7H2,1-3H3. The second-order valence-corrected chi connectivity index (χ2v) is 5.76. The van der Waals surface area contributed by atoms with Crippen LogP contribution < -0.4 is 9.80 Å². The lowest BCUT2D eigenvalue weighted by Gasteiger charge is -2.34. The van der Waals surface area contributed by atoms with Gasteiger partial charge < -0.3 is 9.64 Å². The monoisotopic (exact) mass is 312 g/mol. The number of carbonyl (C=O) groups is 1. The molecular weight excluding hydrogens is 292 g/mol. The van der Waals surface area contributed by atoms with Crippen molar-refractivity contribution in [1.82, 2.24) is 9.97 Å². The third kappa shape index (κ3) is 3.63. The summed E-state index contributed by atoms with van der Waals surface area (Å²) in [5.74, 6) is 0.566. The van der Waals surface area contributed by atoms with Gasteiger partial charge in [0.2, 0.25) is 11.7 Å². The molecule has 0 bridgehead atoms. The number of nitrogens with zero attached hydrogens (tertiary/aromatic N) is 4. The second-order valence-electron chi connectivity index (χ2n) is 5.42. The van der Waals surface area contributed by atoms with E-state index in [1.165, 1.54) is 0 Å². The lowest BCUT2D eigenvalue weighted by atomic mass is 9.92. The maximum atomic E-state index is 11.6. The summed E-state index contributed by atoms with van der Waals surface area (Å²) in [5, 5.41) is 0.146. The number of hydrogen-bond donors (Lipinski definition) is 0. The highest BCUT2D eigenvalue weighted by atomic mass is 35.5. The third-order valence-electron chi connectivity index (χ3n) is 3.93. The van der Waals surface area contributed by atoms with Crippen molar-refractivity contribution in [2.75, 3.05) is 31.0 Å². The first-order valence-electron chi connectivity index (χ1n) is 7.03. The zero-order valence-electron chi connectivity index (χ0n) is 12.6. The van der Waals surface area contributed by atoms with Crippen LogP contribution in [0, 0.1) is 0 Å². The van der Waals surface area contributed by atoms with Crippen LogP contribution in [0.2, 0.25) is 5.28 Å². The van der Waals surface area contributed by atoms with Gasteiger partial charge in [0.05, 0.1) is 18.0 Å². The fourth-order valence-electron chi connectivity index (χ4n) is 2.72. The largest absolute Gasteiger partial charge is 0.381 e. The Morgan fingerprint density at radius 3 is 2.52 bits per heavy atom. The average molecular weight is 313 g/mol. The molecule has 0 spiro atoms. The van der Waals surface area contributed by atoms with E-state index in [-0.39, 0.29) is 17.4 Å². The van der Waals surface area contributed by atoms with E-state index in [1.807, 2.05) is 19.0 Å². The molecule has 0 saturated heterocycles. The second kappa shape index (κ2) is 7.04. The van der Waals surface area contributed by atoms with Gasteiger partial charge in [0.25, 0.3) is 0 Å². The molecule has 21 heavy (non-hydrogen) atoms. The molecule has 0 aromatic carbocycles. The molecule has 1 aliphatic rings. The van der Waals surface area contributed by atoms with Gasteiger partial charge in [-0.3, -0.25) is 9.69 Å². The van der Waals surface area contributed by atoms with E-state index in [0.29, 0.717) is 5.82 Å². The Labute approximate surface area is 130 Å². The van der Waals surface area contributed by atoms with Gasteiger partial charge in [-0.05, 0) is 37.3 Å². The van der Waals surface area contributed by atoms with E-state index in [4.69, 9.17) is 16.3 Å². The maximum Gasteiger partial charge on any atom is 0.224 e. The van der Waals surface area contributed by atoms with Gasteiger partial charge in [0.15, 0.2) is 5.82 Å². The first-order valence-corrected chi connectivity index (χ1v) is 7.41. The molecule has 1 aromatic heterocycles. The summed E-state index contributed by atoms with van der Waals surface area (Å²) in [7, 11) is 5.51. The van der Waals surface area contributed by atoms with Crippen molar-refractivity contribution in [2.45, 2.75) is 37.8 Å². The molecule has 116 valence electrons. The SMILES string of the molecule is COC1CCC(N(C=O)c2nc(Cl)ncc2N(C)C)CC1. The highest BCUT2D eigenvalue weighted by Crippen LogP contribution is 2.32. The topological polar surface area (TPSA) is 58.6 Å². The van der Waals surface area contributed by atoms with Gasteiger partial charge in [0, 0.05) is 27.2 Å². The first-order chi connectivity index (χ1) is 10.1. The number of ether oxygens (including phenoxy) is 1. The summed E-state index contributed by atoms with van der Waals surface area (Å²) < 4.78 is 5.38. The van der Waals surface area contributed by atoms with Crippen LogP contribution in [0.15, 0.2) is 6.20 Å².